The van der Waals surface area contributed by atoms with Gasteiger partial charge in [-0.2, -0.15) is 5.26 Å². The van der Waals surface area contributed by atoms with Gasteiger partial charge < -0.3 is 10.2 Å². The summed E-state index contributed by atoms with van der Waals surface area (Å²) in [4.78, 5) is 0. The van der Waals surface area contributed by atoms with Crippen molar-refractivity contribution in [2.24, 2.45) is 0 Å². The van der Waals surface area contributed by atoms with E-state index < -0.39 is 0 Å². The molecule has 0 spiro atoms. The van der Waals surface area contributed by atoms with Crippen molar-refractivity contribution in [2.75, 3.05) is 0 Å². The number of nitrogens with zero attached hydrogens (tertiary/aromatic N) is 1. The topological polar surface area (TPSA) is 64.2 Å². The summed E-state index contributed by atoms with van der Waals surface area (Å²) in [5.41, 5.74) is 0.503. The first-order valence-corrected chi connectivity index (χ1v) is 4.90. The Kier molecular flexibility index (Phi) is 2.02. The molecule has 0 aliphatic rings. The van der Waals surface area contributed by atoms with Gasteiger partial charge in [-0.3, -0.25) is 0 Å². The van der Waals surface area contributed by atoms with E-state index in [1.807, 2.05) is 6.07 Å². The smallest absolute Gasteiger partial charge is 0.134 e. The van der Waals surface area contributed by atoms with Crippen LogP contribution in [0.3, 0.4) is 0 Å². The number of aromatic hydroxyl groups is 2. The van der Waals surface area contributed by atoms with Gasteiger partial charge in [0.1, 0.15) is 11.5 Å². The first kappa shape index (κ1) is 8.85. The van der Waals surface area contributed by atoms with Crippen LogP contribution in [0, 0.1) is 11.3 Å². The third-order valence-electron chi connectivity index (χ3n) is 2.06. The Labute approximate surface area is 84.5 Å². The summed E-state index contributed by atoms with van der Waals surface area (Å²) in [6, 6.07) is 5.25. The maximum atomic E-state index is 9.53. The largest absolute Gasteiger partial charge is 0.508 e. The number of nitriles is 1. The summed E-state index contributed by atoms with van der Waals surface area (Å²) in [5.74, 6) is 0.193. The van der Waals surface area contributed by atoms with E-state index in [9.17, 15) is 10.2 Å². The van der Waals surface area contributed by atoms with E-state index in [4.69, 9.17) is 5.26 Å². The highest BCUT2D eigenvalue weighted by molar-refractivity contribution is 7.17. The van der Waals surface area contributed by atoms with E-state index in [0.717, 1.165) is 4.70 Å². The average molecular weight is 205 g/mol. The van der Waals surface area contributed by atoms with Crippen LogP contribution in [-0.4, -0.2) is 10.2 Å². The van der Waals surface area contributed by atoms with Crippen molar-refractivity contribution in [2.45, 2.75) is 6.42 Å². The fraction of sp³-hybridized carbons (Fsp3) is 0.100. The van der Waals surface area contributed by atoms with E-state index in [1.54, 1.807) is 17.5 Å². The lowest BCUT2D eigenvalue weighted by atomic mass is 10.1. The van der Waals surface area contributed by atoms with Gasteiger partial charge in [-0.1, -0.05) is 0 Å². The zero-order valence-electron chi connectivity index (χ0n) is 7.19. The highest BCUT2D eigenvalue weighted by Crippen LogP contribution is 2.37. The van der Waals surface area contributed by atoms with Crippen LogP contribution in [0.4, 0.5) is 0 Å². The van der Waals surface area contributed by atoms with Crippen LogP contribution < -0.4 is 0 Å². The number of phenolic OH excluding ortho intramolecular Hbond substituents is 1. The molecule has 0 fully saturated rings. The van der Waals surface area contributed by atoms with Crippen molar-refractivity contribution in [1.29, 1.82) is 5.26 Å². The second-order valence-corrected chi connectivity index (χ2v) is 3.80. The molecule has 3 nitrogen and oxygen atoms in total. The molecule has 0 bridgehead atoms. The predicted molar refractivity (Wildman–Crippen MR) is 54.5 cm³/mol. The lowest BCUT2D eigenvalue weighted by molar-refractivity contribution is 0.467. The molecule has 1 aromatic carbocycles. The third-order valence-corrected chi connectivity index (χ3v) is 2.99. The maximum Gasteiger partial charge on any atom is 0.134 e. The molecule has 0 unspecified atom stereocenters. The molecule has 0 saturated carbocycles. The Morgan fingerprint density at radius 3 is 2.79 bits per heavy atom. The van der Waals surface area contributed by atoms with Crippen LogP contribution in [0.2, 0.25) is 0 Å². The van der Waals surface area contributed by atoms with Crippen LogP contribution in [0.25, 0.3) is 10.1 Å². The summed E-state index contributed by atoms with van der Waals surface area (Å²) in [5, 5.41) is 29.8. The second-order valence-electron chi connectivity index (χ2n) is 2.89. The molecule has 2 rings (SSSR count). The number of hydrogen-bond donors (Lipinski definition) is 2. The quantitative estimate of drug-likeness (QED) is 0.751. The van der Waals surface area contributed by atoms with Crippen LogP contribution in [0.1, 0.15) is 5.56 Å². The molecule has 1 heterocycles. The normalized spacial score (nSPS) is 10.2. The standard InChI is InChI=1S/C10H7NO2S/c11-4-3-6-7(12)1-2-9-10(6)8(13)5-14-9/h1-2,5,12-13H,3H2. The van der Waals surface area contributed by atoms with Crippen molar-refractivity contribution in [3.8, 4) is 17.6 Å². The molecule has 14 heavy (non-hydrogen) atoms. The molecule has 2 aromatic rings. The molecule has 70 valence electrons. The van der Waals surface area contributed by atoms with E-state index in [1.165, 1.54) is 11.3 Å². The van der Waals surface area contributed by atoms with Crippen LogP contribution in [-0.2, 0) is 6.42 Å². The maximum absolute atomic E-state index is 9.53. The number of rotatable bonds is 1. The van der Waals surface area contributed by atoms with Gasteiger partial charge in [0.05, 0.1) is 12.5 Å². The Hall–Kier alpha value is -1.73. The van der Waals surface area contributed by atoms with E-state index in [-0.39, 0.29) is 17.9 Å². The van der Waals surface area contributed by atoms with Gasteiger partial charge in [0.15, 0.2) is 0 Å². The minimum absolute atomic E-state index is 0.0627. The SMILES string of the molecule is N#CCc1c(O)ccc2scc(O)c12. The monoisotopic (exact) mass is 205 g/mol. The third kappa shape index (κ3) is 1.19. The van der Waals surface area contributed by atoms with Gasteiger partial charge in [-0.05, 0) is 12.1 Å². The van der Waals surface area contributed by atoms with Crippen molar-refractivity contribution in [3.63, 3.8) is 0 Å². The Balaban J connectivity index is 2.81. The number of fused-ring (bicyclic) bond motifs is 1. The van der Waals surface area contributed by atoms with Crippen molar-refractivity contribution >= 4 is 21.4 Å². The Morgan fingerprint density at radius 1 is 1.29 bits per heavy atom. The zero-order valence-corrected chi connectivity index (χ0v) is 8.01. The number of thiophene rings is 1. The van der Waals surface area contributed by atoms with E-state index in [2.05, 4.69) is 0 Å². The molecular formula is C10H7NO2S. The molecule has 4 heteroatoms. The first-order chi connectivity index (χ1) is 6.74. The van der Waals surface area contributed by atoms with Gasteiger partial charge in [-0.15, -0.1) is 11.3 Å². The van der Waals surface area contributed by atoms with Crippen LogP contribution in [0.15, 0.2) is 17.5 Å². The van der Waals surface area contributed by atoms with Gasteiger partial charge in [0.25, 0.3) is 0 Å². The molecule has 1 aromatic heterocycles. The highest BCUT2D eigenvalue weighted by Gasteiger charge is 2.11. The summed E-state index contributed by atoms with van der Waals surface area (Å²) in [7, 11) is 0. The van der Waals surface area contributed by atoms with Crippen LogP contribution >= 0.6 is 11.3 Å². The fourth-order valence-corrected chi connectivity index (χ4v) is 2.28. The van der Waals surface area contributed by atoms with Gasteiger partial charge >= 0.3 is 0 Å². The second kappa shape index (κ2) is 3.20. The Morgan fingerprint density at radius 2 is 2.07 bits per heavy atom. The predicted octanol–water partition coefficient (Wildman–Crippen LogP) is 2.38. The summed E-state index contributed by atoms with van der Waals surface area (Å²) >= 11 is 1.39. The minimum atomic E-state index is 0.0627. The molecule has 2 N–H and O–H groups in total. The molecule has 0 aliphatic carbocycles. The molecule has 0 saturated heterocycles. The number of phenols is 1. The van der Waals surface area contributed by atoms with Gasteiger partial charge in [0.2, 0.25) is 0 Å². The molecule has 0 atom stereocenters. The average Bonchev–Trinajstić information content (AvgIpc) is 2.53. The zero-order chi connectivity index (χ0) is 10.1. The fourth-order valence-electron chi connectivity index (χ4n) is 1.43. The van der Waals surface area contributed by atoms with E-state index in [0.29, 0.717) is 10.9 Å². The summed E-state index contributed by atoms with van der Waals surface area (Å²) < 4.78 is 0.880. The molecular weight excluding hydrogens is 198 g/mol. The van der Waals surface area contributed by atoms with E-state index >= 15 is 0 Å². The van der Waals surface area contributed by atoms with Crippen molar-refractivity contribution in [1.82, 2.24) is 0 Å². The molecule has 0 radical (unpaired) electrons. The highest BCUT2D eigenvalue weighted by atomic mass is 32.1. The lowest BCUT2D eigenvalue weighted by Crippen LogP contribution is -1.83. The van der Waals surface area contributed by atoms with Gasteiger partial charge in [-0.25, -0.2) is 0 Å². The van der Waals surface area contributed by atoms with Gasteiger partial charge in [0, 0.05) is 21.0 Å². The summed E-state index contributed by atoms with van der Waals surface area (Å²) in [6.07, 6.45) is 0.105. The number of hydrogen-bond acceptors (Lipinski definition) is 4. The number of benzene rings is 1. The lowest BCUT2D eigenvalue weighted by Gasteiger charge is -2.02. The minimum Gasteiger partial charge on any atom is -0.508 e. The van der Waals surface area contributed by atoms with Crippen molar-refractivity contribution < 1.29 is 10.2 Å². The molecule has 0 aliphatic heterocycles. The first-order valence-electron chi connectivity index (χ1n) is 4.02. The van der Waals surface area contributed by atoms with Crippen molar-refractivity contribution in [3.05, 3.63) is 23.1 Å². The van der Waals surface area contributed by atoms with Crippen LogP contribution in [0.5, 0.6) is 11.5 Å². The summed E-state index contributed by atoms with van der Waals surface area (Å²) in [6.45, 7) is 0. The molecule has 0 amide bonds. The Bertz CT molecular complexity index is 525.